The standard InChI is InChI=1S/C13H24O3/c1-3-4-5-6-11-10(7-8-12(11)14)9-13(15)16-2/h10-12,14H,3-9H2,1-2H3/t10-,11+,12+/m1/s1. The molecule has 0 saturated heterocycles. The highest BCUT2D eigenvalue weighted by atomic mass is 16.5. The molecule has 1 rings (SSSR count). The Hall–Kier alpha value is -0.570. The predicted octanol–water partition coefficient (Wildman–Crippen LogP) is 2.52. The highest BCUT2D eigenvalue weighted by Gasteiger charge is 2.35. The number of rotatable bonds is 6. The van der Waals surface area contributed by atoms with E-state index in [0.717, 1.165) is 25.7 Å². The quantitative estimate of drug-likeness (QED) is 0.561. The topological polar surface area (TPSA) is 46.5 Å². The van der Waals surface area contributed by atoms with Crippen molar-refractivity contribution < 1.29 is 14.6 Å². The second kappa shape index (κ2) is 6.89. The molecule has 0 aromatic heterocycles. The molecule has 0 amide bonds. The third-order valence-electron chi connectivity index (χ3n) is 3.73. The maximum absolute atomic E-state index is 11.2. The molecule has 1 aliphatic carbocycles. The fourth-order valence-electron chi connectivity index (χ4n) is 2.74. The SMILES string of the molecule is CCCCC[C@H]1[C@@H](CC(=O)OC)CC[C@@H]1O. The van der Waals surface area contributed by atoms with Crippen LogP contribution in [0.5, 0.6) is 0 Å². The minimum Gasteiger partial charge on any atom is -0.469 e. The van der Waals surface area contributed by atoms with Crippen molar-refractivity contribution in [2.75, 3.05) is 7.11 Å². The largest absolute Gasteiger partial charge is 0.469 e. The van der Waals surface area contributed by atoms with Crippen LogP contribution in [0.2, 0.25) is 0 Å². The summed E-state index contributed by atoms with van der Waals surface area (Å²) in [5.74, 6) is 0.504. The zero-order valence-corrected chi connectivity index (χ0v) is 10.4. The van der Waals surface area contributed by atoms with Gasteiger partial charge in [-0.1, -0.05) is 26.2 Å². The van der Waals surface area contributed by atoms with Gasteiger partial charge in [-0.3, -0.25) is 4.79 Å². The Bertz CT molecular complexity index is 215. The number of aliphatic hydroxyl groups excluding tert-OH is 1. The molecule has 94 valence electrons. The monoisotopic (exact) mass is 228 g/mol. The van der Waals surface area contributed by atoms with Gasteiger partial charge in [0.2, 0.25) is 0 Å². The van der Waals surface area contributed by atoms with Crippen molar-refractivity contribution in [1.82, 2.24) is 0 Å². The van der Waals surface area contributed by atoms with Crippen molar-refractivity contribution in [3.63, 3.8) is 0 Å². The van der Waals surface area contributed by atoms with Crippen molar-refractivity contribution in [2.45, 2.75) is 58.0 Å². The molecule has 16 heavy (non-hydrogen) atoms. The van der Waals surface area contributed by atoms with E-state index < -0.39 is 0 Å². The lowest BCUT2D eigenvalue weighted by molar-refractivity contribution is -0.142. The van der Waals surface area contributed by atoms with E-state index in [1.807, 2.05) is 0 Å². The Morgan fingerprint density at radius 2 is 2.12 bits per heavy atom. The van der Waals surface area contributed by atoms with Gasteiger partial charge in [0.25, 0.3) is 0 Å². The van der Waals surface area contributed by atoms with Gasteiger partial charge >= 0.3 is 5.97 Å². The normalized spacial score (nSPS) is 29.3. The Morgan fingerprint density at radius 3 is 2.75 bits per heavy atom. The van der Waals surface area contributed by atoms with Crippen molar-refractivity contribution in [2.24, 2.45) is 11.8 Å². The second-order valence-corrected chi connectivity index (χ2v) is 4.84. The van der Waals surface area contributed by atoms with Gasteiger partial charge < -0.3 is 9.84 Å². The Kier molecular flexibility index (Phi) is 5.81. The zero-order valence-electron chi connectivity index (χ0n) is 10.4. The average molecular weight is 228 g/mol. The van der Waals surface area contributed by atoms with Crippen molar-refractivity contribution in [3.8, 4) is 0 Å². The molecule has 0 aromatic rings. The van der Waals surface area contributed by atoms with Gasteiger partial charge in [-0.25, -0.2) is 0 Å². The summed E-state index contributed by atoms with van der Waals surface area (Å²) in [6.07, 6.45) is 6.72. The second-order valence-electron chi connectivity index (χ2n) is 4.84. The number of unbranched alkanes of at least 4 members (excludes halogenated alkanes) is 2. The van der Waals surface area contributed by atoms with E-state index in [-0.39, 0.29) is 12.1 Å². The summed E-state index contributed by atoms with van der Waals surface area (Å²) in [4.78, 5) is 11.2. The van der Waals surface area contributed by atoms with E-state index in [0.29, 0.717) is 18.3 Å². The molecule has 3 atom stereocenters. The molecule has 0 spiro atoms. The maximum atomic E-state index is 11.2. The van der Waals surface area contributed by atoms with Crippen LogP contribution < -0.4 is 0 Å². The fourth-order valence-corrected chi connectivity index (χ4v) is 2.74. The lowest BCUT2D eigenvalue weighted by atomic mass is 9.87. The maximum Gasteiger partial charge on any atom is 0.305 e. The van der Waals surface area contributed by atoms with Crippen LogP contribution in [-0.2, 0) is 9.53 Å². The van der Waals surface area contributed by atoms with Crippen LogP contribution in [0, 0.1) is 11.8 Å². The number of hydrogen-bond acceptors (Lipinski definition) is 3. The van der Waals surface area contributed by atoms with E-state index in [1.165, 1.54) is 20.0 Å². The molecule has 1 aliphatic rings. The molecule has 0 unspecified atom stereocenters. The summed E-state index contributed by atoms with van der Waals surface area (Å²) in [6, 6.07) is 0. The molecule has 0 heterocycles. The molecule has 0 aromatic carbocycles. The average Bonchev–Trinajstić information content (AvgIpc) is 2.61. The molecule has 0 radical (unpaired) electrons. The summed E-state index contributed by atoms with van der Waals surface area (Å²) in [5, 5.41) is 9.89. The minimum absolute atomic E-state index is 0.139. The third-order valence-corrected chi connectivity index (χ3v) is 3.73. The molecular formula is C13H24O3. The van der Waals surface area contributed by atoms with Crippen LogP contribution in [-0.4, -0.2) is 24.3 Å². The molecule has 1 N–H and O–H groups in total. The molecule has 3 heteroatoms. The first kappa shape index (κ1) is 13.5. The number of methoxy groups -OCH3 is 1. The van der Waals surface area contributed by atoms with E-state index >= 15 is 0 Å². The summed E-state index contributed by atoms with van der Waals surface area (Å²) in [7, 11) is 1.43. The van der Waals surface area contributed by atoms with Gasteiger partial charge in [0, 0.05) is 6.42 Å². The van der Waals surface area contributed by atoms with Crippen LogP contribution in [0.15, 0.2) is 0 Å². The lowest BCUT2D eigenvalue weighted by Gasteiger charge is -2.21. The van der Waals surface area contributed by atoms with Crippen LogP contribution in [0.1, 0.15) is 51.9 Å². The number of esters is 1. The molecule has 1 fully saturated rings. The van der Waals surface area contributed by atoms with Crippen LogP contribution in [0.4, 0.5) is 0 Å². The van der Waals surface area contributed by atoms with Gasteiger partial charge in [0.1, 0.15) is 0 Å². The molecule has 1 saturated carbocycles. The summed E-state index contributed by atoms with van der Waals surface area (Å²) in [5.41, 5.74) is 0. The summed E-state index contributed by atoms with van der Waals surface area (Å²) in [6.45, 7) is 2.18. The van der Waals surface area contributed by atoms with Crippen LogP contribution in [0.3, 0.4) is 0 Å². The first-order valence-electron chi connectivity index (χ1n) is 6.44. The van der Waals surface area contributed by atoms with Gasteiger partial charge in [-0.2, -0.15) is 0 Å². The molecular weight excluding hydrogens is 204 g/mol. The van der Waals surface area contributed by atoms with Gasteiger partial charge in [0.05, 0.1) is 13.2 Å². The van der Waals surface area contributed by atoms with Crippen molar-refractivity contribution in [1.29, 1.82) is 0 Å². The Labute approximate surface area is 98.2 Å². The Morgan fingerprint density at radius 1 is 1.38 bits per heavy atom. The third kappa shape index (κ3) is 3.78. The summed E-state index contributed by atoms with van der Waals surface area (Å²) < 4.78 is 4.70. The lowest BCUT2D eigenvalue weighted by Crippen LogP contribution is -2.21. The van der Waals surface area contributed by atoms with Gasteiger partial charge in [-0.05, 0) is 31.1 Å². The molecule has 0 bridgehead atoms. The number of hydrogen-bond donors (Lipinski definition) is 1. The fraction of sp³-hybridized carbons (Fsp3) is 0.923. The van der Waals surface area contributed by atoms with E-state index in [1.54, 1.807) is 0 Å². The number of carbonyl (C=O) groups excluding carboxylic acids is 1. The molecule has 0 aliphatic heterocycles. The minimum atomic E-state index is -0.202. The van der Waals surface area contributed by atoms with E-state index in [9.17, 15) is 9.90 Å². The van der Waals surface area contributed by atoms with Crippen molar-refractivity contribution >= 4 is 5.97 Å². The first-order valence-corrected chi connectivity index (χ1v) is 6.44. The highest BCUT2D eigenvalue weighted by molar-refractivity contribution is 5.69. The van der Waals surface area contributed by atoms with Gasteiger partial charge in [0.15, 0.2) is 0 Å². The van der Waals surface area contributed by atoms with Gasteiger partial charge in [-0.15, -0.1) is 0 Å². The van der Waals surface area contributed by atoms with E-state index in [2.05, 4.69) is 6.92 Å². The van der Waals surface area contributed by atoms with Crippen LogP contribution >= 0.6 is 0 Å². The highest BCUT2D eigenvalue weighted by Crippen LogP contribution is 2.37. The smallest absolute Gasteiger partial charge is 0.305 e. The summed E-state index contributed by atoms with van der Waals surface area (Å²) >= 11 is 0. The number of aliphatic hydroxyl groups is 1. The number of ether oxygens (including phenoxy) is 1. The predicted molar refractivity (Wildman–Crippen MR) is 63.0 cm³/mol. The first-order chi connectivity index (χ1) is 7.69. The zero-order chi connectivity index (χ0) is 12.0. The molecule has 3 nitrogen and oxygen atoms in total. The van der Waals surface area contributed by atoms with Crippen LogP contribution in [0.25, 0.3) is 0 Å². The van der Waals surface area contributed by atoms with Crippen molar-refractivity contribution in [3.05, 3.63) is 0 Å². The number of carbonyl (C=O) groups is 1. The Balaban J connectivity index is 2.39. The van der Waals surface area contributed by atoms with E-state index in [4.69, 9.17) is 4.74 Å².